The number of hydrogen-bond acceptors (Lipinski definition) is 6. The van der Waals surface area contributed by atoms with Crippen LogP contribution in [0.5, 0.6) is 5.75 Å². The zero-order valence-electron chi connectivity index (χ0n) is 12.8. The quantitative estimate of drug-likeness (QED) is 0.628. The second kappa shape index (κ2) is 7.76. The first-order valence-corrected chi connectivity index (χ1v) is 8.71. The maximum absolute atomic E-state index is 5.24. The van der Waals surface area contributed by atoms with Gasteiger partial charge in [0.1, 0.15) is 10.8 Å². The first-order valence-electron chi connectivity index (χ1n) is 7.73. The summed E-state index contributed by atoms with van der Waals surface area (Å²) < 4.78 is 5.24. The summed E-state index contributed by atoms with van der Waals surface area (Å²) in [4.78, 5) is 9.11. The van der Waals surface area contributed by atoms with Crippen LogP contribution in [0.15, 0.2) is 29.4 Å². The topological polar surface area (TPSA) is 59.1 Å². The highest BCUT2D eigenvalue weighted by Crippen LogP contribution is 2.21. The second-order valence-corrected chi connectivity index (χ2v) is 6.50. The third-order valence-electron chi connectivity index (χ3n) is 3.85. The van der Waals surface area contributed by atoms with E-state index in [-0.39, 0.29) is 0 Å². The van der Waals surface area contributed by atoms with E-state index >= 15 is 0 Å². The van der Waals surface area contributed by atoms with Gasteiger partial charge in [-0.05, 0) is 38.1 Å². The molecule has 2 N–H and O–H groups in total. The molecular weight excluding hydrogens is 296 g/mol. The van der Waals surface area contributed by atoms with E-state index in [1.807, 2.05) is 24.4 Å². The van der Waals surface area contributed by atoms with Crippen LogP contribution in [0.4, 0.5) is 0 Å². The minimum Gasteiger partial charge on any atom is -0.497 e. The number of nitrogens with one attached hydrogen (secondary N) is 2. The van der Waals surface area contributed by atoms with E-state index < -0.39 is 0 Å². The molecule has 1 aliphatic rings. The molecule has 2 heterocycles. The van der Waals surface area contributed by atoms with Crippen molar-refractivity contribution in [3.05, 3.63) is 24.4 Å². The molecule has 0 bridgehead atoms. The Kier molecular flexibility index (Phi) is 5.48. The Labute approximate surface area is 135 Å². The standard InChI is InChI=1S/C16H22N4OS/c1-21-13-2-3-14-15(10-13)20-16(11-19-14)22-9-8-18-12-4-6-17-7-5-12/h2-3,10-12,17-18H,4-9H2,1H3. The number of rotatable bonds is 6. The molecular formula is C16H22N4OS. The van der Waals surface area contributed by atoms with E-state index in [2.05, 4.69) is 20.6 Å². The number of nitrogens with zero attached hydrogens (tertiary/aromatic N) is 2. The van der Waals surface area contributed by atoms with Crippen molar-refractivity contribution in [1.29, 1.82) is 0 Å². The van der Waals surface area contributed by atoms with E-state index in [0.29, 0.717) is 6.04 Å². The third kappa shape index (κ3) is 4.09. The fourth-order valence-corrected chi connectivity index (χ4v) is 3.33. The Bertz CT molecular complexity index is 616. The Morgan fingerprint density at radius 1 is 1.32 bits per heavy atom. The van der Waals surface area contributed by atoms with Crippen LogP contribution in [0.25, 0.3) is 11.0 Å². The van der Waals surface area contributed by atoms with Crippen LogP contribution in [0.1, 0.15) is 12.8 Å². The van der Waals surface area contributed by atoms with E-state index in [1.165, 1.54) is 12.8 Å². The lowest BCUT2D eigenvalue weighted by atomic mass is 10.1. The second-order valence-electron chi connectivity index (χ2n) is 5.39. The monoisotopic (exact) mass is 318 g/mol. The van der Waals surface area contributed by atoms with Crippen molar-refractivity contribution in [3.8, 4) is 5.75 Å². The van der Waals surface area contributed by atoms with Gasteiger partial charge in [0.2, 0.25) is 0 Å². The summed E-state index contributed by atoms with van der Waals surface area (Å²) in [5.74, 6) is 1.82. The molecule has 3 rings (SSSR count). The number of hydrogen-bond donors (Lipinski definition) is 2. The molecule has 6 heteroatoms. The van der Waals surface area contributed by atoms with Crippen LogP contribution < -0.4 is 15.4 Å². The predicted molar refractivity (Wildman–Crippen MR) is 90.7 cm³/mol. The maximum Gasteiger partial charge on any atom is 0.121 e. The molecule has 0 unspecified atom stereocenters. The van der Waals surface area contributed by atoms with Crippen LogP contribution in [0, 0.1) is 0 Å². The van der Waals surface area contributed by atoms with Crippen molar-refractivity contribution in [3.63, 3.8) is 0 Å². The Morgan fingerprint density at radius 2 is 2.18 bits per heavy atom. The highest BCUT2D eigenvalue weighted by Gasteiger charge is 2.11. The summed E-state index contributed by atoms with van der Waals surface area (Å²) in [5, 5.41) is 7.97. The van der Waals surface area contributed by atoms with Gasteiger partial charge < -0.3 is 15.4 Å². The van der Waals surface area contributed by atoms with Crippen LogP contribution >= 0.6 is 11.8 Å². The van der Waals surface area contributed by atoms with Gasteiger partial charge in [0, 0.05) is 24.4 Å². The van der Waals surface area contributed by atoms with Crippen LogP contribution in [0.2, 0.25) is 0 Å². The SMILES string of the molecule is COc1ccc2ncc(SCCNC3CCNCC3)nc2c1. The Morgan fingerprint density at radius 3 is 3.00 bits per heavy atom. The molecule has 0 radical (unpaired) electrons. The zero-order valence-corrected chi connectivity index (χ0v) is 13.7. The molecule has 2 aromatic rings. The number of piperidine rings is 1. The van der Waals surface area contributed by atoms with E-state index in [1.54, 1.807) is 18.9 Å². The van der Waals surface area contributed by atoms with Gasteiger partial charge in [0.15, 0.2) is 0 Å². The Balaban J connectivity index is 1.52. The molecule has 0 spiro atoms. The average Bonchev–Trinajstić information content (AvgIpc) is 2.59. The van der Waals surface area contributed by atoms with Gasteiger partial charge in [-0.3, -0.25) is 4.98 Å². The molecule has 1 saturated heterocycles. The maximum atomic E-state index is 5.24. The summed E-state index contributed by atoms with van der Waals surface area (Å²) in [7, 11) is 1.67. The third-order valence-corrected chi connectivity index (χ3v) is 4.75. The molecule has 1 aliphatic heterocycles. The van der Waals surface area contributed by atoms with E-state index in [9.17, 15) is 0 Å². The number of benzene rings is 1. The summed E-state index contributed by atoms with van der Waals surface area (Å²) in [6.45, 7) is 3.26. The number of aromatic nitrogens is 2. The molecule has 1 aromatic carbocycles. The number of ether oxygens (including phenoxy) is 1. The molecule has 0 amide bonds. The lowest BCUT2D eigenvalue weighted by molar-refractivity contribution is 0.395. The average molecular weight is 318 g/mol. The number of methoxy groups -OCH3 is 1. The van der Waals surface area contributed by atoms with Crippen molar-refractivity contribution in [2.24, 2.45) is 0 Å². The van der Waals surface area contributed by atoms with E-state index in [4.69, 9.17) is 4.74 Å². The van der Waals surface area contributed by atoms with E-state index in [0.717, 1.165) is 47.2 Å². The minimum absolute atomic E-state index is 0.661. The molecule has 0 atom stereocenters. The van der Waals surface area contributed by atoms with Crippen molar-refractivity contribution in [2.45, 2.75) is 23.9 Å². The summed E-state index contributed by atoms with van der Waals surface area (Å²) in [5.41, 5.74) is 1.79. The summed E-state index contributed by atoms with van der Waals surface area (Å²) >= 11 is 1.74. The van der Waals surface area contributed by atoms with Gasteiger partial charge in [0.05, 0.1) is 24.3 Å². The van der Waals surface area contributed by atoms with Crippen molar-refractivity contribution in [1.82, 2.24) is 20.6 Å². The molecule has 22 heavy (non-hydrogen) atoms. The summed E-state index contributed by atoms with van der Waals surface area (Å²) in [6, 6.07) is 6.44. The first-order chi connectivity index (χ1) is 10.8. The van der Waals surface area contributed by atoms with Crippen molar-refractivity contribution < 1.29 is 4.74 Å². The smallest absolute Gasteiger partial charge is 0.121 e. The van der Waals surface area contributed by atoms with Crippen molar-refractivity contribution >= 4 is 22.8 Å². The number of fused-ring (bicyclic) bond motifs is 1. The predicted octanol–water partition coefficient (Wildman–Crippen LogP) is 2.07. The van der Waals surface area contributed by atoms with Gasteiger partial charge in [-0.1, -0.05) is 0 Å². The molecule has 5 nitrogen and oxygen atoms in total. The molecule has 118 valence electrons. The fourth-order valence-electron chi connectivity index (χ4n) is 2.62. The normalized spacial score (nSPS) is 16.0. The largest absolute Gasteiger partial charge is 0.497 e. The highest BCUT2D eigenvalue weighted by atomic mass is 32.2. The lowest BCUT2D eigenvalue weighted by Crippen LogP contribution is -2.40. The number of thioether (sulfide) groups is 1. The van der Waals surface area contributed by atoms with Gasteiger partial charge >= 0.3 is 0 Å². The lowest BCUT2D eigenvalue weighted by Gasteiger charge is -2.23. The first kappa shape index (κ1) is 15.5. The molecule has 0 saturated carbocycles. The molecule has 1 fully saturated rings. The fraction of sp³-hybridized carbons (Fsp3) is 0.500. The van der Waals surface area contributed by atoms with Crippen LogP contribution in [0.3, 0.4) is 0 Å². The van der Waals surface area contributed by atoms with Gasteiger partial charge in [-0.25, -0.2) is 4.98 Å². The van der Waals surface area contributed by atoms with Gasteiger partial charge in [0.25, 0.3) is 0 Å². The van der Waals surface area contributed by atoms with Gasteiger partial charge in [-0.15, -0.1) is 11.8 Å². The van der Waals surface area contributed by atoms with Crippen LogP contribution in [-0.4, -0.2) is 48.5 Å². The highest BCUT2D eigenvalue weighted by molar-refractivity contribution is 7.99. The molecule has 0 aliphatic carbocycles. The molecule has 1 aromatic heterocycles. The van der Waals surface area contributed by atoms with Crippen LogP contribution in [-0.2, 0) is 0 Å². The Hall–Kier alpha value is -1.37. The van der Waals surface area contributed by atoms with Gasteiger partial charge in [-0.2, -0.15) is 0 Å². The minimum atomic E-state index is 0.661. The zero-order chi connectivity index (χ0) is 15.2. The summed E-state index contributed by atoms with van der Waals surface area (Å²) in [6.07, 6.45) is 4.30. The van der Waals surface area contributed by atoms with Crippen molar-refractivity contribution in [2.75, 3.05) is 32.5 Å².